The zero-order chi connectivity index (χ0) is 76.1. The maximum Gasteiger partial charge on any atom is 0.497 e. The number of sulfonamides is 2. The molecule has 8 aromatic heterocycles. The monoisotopic (exact) mass is 1500 g/mol. The molecule has 1 aliphatic rings. The molecule has 15 rings (SSSR count). The summed E-state index contributed by atoms with van der Waals surface area (Å²) in [4.78, 5) is 69.1. The molecule has 1 fully saturated rings. The molecule has 0 atom stereocenters. The highest BCUT2D eigenvalue weighted by Gasteiger charge is 2.53. The second-order valence-electron chi connectivity index (χ2n) is 25.6. The molecule has 9 heterocycles. The highest BCUT2D eigenvalue weighted by molar-refractivity contribution is 7.92. The number of pyridine rings is 2. The Morgan fingerprint density at radius 1 is 0.528 bits per heavy atom. The average molecular weight is 1500 g/mol. The third-order valence-electron chi connectivity index (χ3n) is 18.6. The first-order valence-electron chi connectivity index (χ1n) is 32.2. The van der Waals surface area contributed by atoms with E-state index in [0.29, 0.717) is 82.6 Å². The number of aromatic nitrogens is 6. The molecule has 14 aromatic rings. The third kappa shape index (κ3) is 12.8. The summed E-state index contributed by atoms with van der Waals surface area (Å²) < 4.78 is 147. The number of benzene rings is 6. The van der Waals surface area contributed by atoms with Crippen LogP contribution in [0.4, 0.5) is 28.9 Å². The van der Waals surface area contributed by atoms with Crippen LogP contribution in [0.5, 0.6) is 0 Å². The fourth-order valence-corrected chi connectivity index (χ4v) is 13.6. The molecule has 1 saturated heterocycles. The second kappa shape index (κ2) is 27.2. The molecule has 0 saturated carbocycles. The van der Waals surface area contributed by atoms with Gasteiger partial charge in [-0.2, -0.15) is 0 Å². The zero-order valence-corrected chi connectivity index (χ0v) is 60.8. The van der Waals surface area contributed by atoms with Gasteiger partial charge in [-0.05, 0) is 149 Å². The minimum Gasteiger partial charge on any atom is -0.463 e. The predicted octanol–water partition coefficient (Wildman–Crippen LogP) is 12.8. The van der Waals surface area contributed by atoms with E-state index in [4.69, 9.17) is 44.2 Å². The molecule has 6 aromatic carbocycles. The Bertz CT molecular complexity index is 6260. The summed E-state index contributed by atoms with van der Waals surface area (Å²) >= 11 is 5.96. The van der Waals surface area contributed by atoms with Crippen LogP contribution in [0.1, 0.15) is 69.6 Å². The SMILES string of the molecule is CNC(=O)c1c(-c2ccc(F)cc2)oc2cc(N(C)S(C)(=O)=O)c(-c3ccc4nc(C(=O)OC)n5c6cccc(F)c6cc5c4n3)cc12.CNC(=O)c1c(-c2ccc(F)cc2)oc2cc(N(C)S(C)(=O)=O)c(B3OC(C)(C)C(C)(C)O3)cc12.COC(=O)c1nc2ccc(Cl)nc2c2cc3c(F)cccc3n12. The van der Waals surface area contributed by atoms with Gasteiger partial charge in [-0.15, -0.1) is 0 Å². The van der Waals surface area contributed by atoms with Gasteiger partial charge < -0.3 is 38.3 Å². The topological polar surface area (TPSA) is 291 Å². The average Bonchev–Trinajstić information content (AvgIpc) is 1.57. The van der Waals surface area contributed by atoms with E-state index < -0.39 is 85.4 Å². The Hall–Kier alpha value is -11.5. The normalized spacial score (nSPS) is 13.5. The van der Waals surface area contributed by atoms with Gasteiger partial charge in [-0.3, -0.25) is 27.0 Å². The van der Waals surface area contributed by atoms with Crippen molar-refractivity contribution in [2.45, 2.75) is 38.9 Å². The summed E-state index contributed by atoms with van der Waals surface area (Å²) in [5, 5.41) is 6.90. The van der Waals surface area contributed by atoms with Crippen molar-refractivity contribution in [3.05, 3.63) is 197 Å². The van der Waals surface area contributed by atoms with E-state index in [-0.39, 0.29) is 72.9 Å². The van der Waals surface area contributed by atoms with E-state index in [0.717, 1.165) is 21.1 Å². The molecule has 32 heteroatoms. The van der Waals surface area contributed by atoms with Crippen molar-refractivity contribution in [2.24, 2.45) is 0 Å². The standard InChI is InChI=1S/C34H25F2N5O6S.C24H28BFN2O6S.C16H9ClFN3O2/c1-37-33(42)29-21-14-20(26(40(2)48(4,44)45)16-28(21)47-31(29)17-8-10-18(35)11-9-17)23-12-13-24-30(38-23)27-15-19-22(36)6-5-7-25(19)41(27)32(39-24)34(43)46-3;1-23(2)24(3,4)34-25(33-23)17-12-16-19(13-18(17)28(6)35(7,30)31)32-21(20(16)22(29)27-5)14-8-10-15(26)11-9-14;1-23-16(22)15-19-10-5-6-13(17)20-14(10)12-7-8-9(18)3-2-4-11(8)21(12)15/h5-16H,1-4H3,(H,37,42);8-13H,1-7H3,(H,27,29);2-7H,1H3. The lowest BCUT2D eigenvalue weighted by atomic mass is 9.77. The molecule has 0 aliphatic carbocycles. The van der Waals surface area contributed by atoms with Crippen molar-refractivity contribution in [2.75, 3.05) is 63.5 Å². The number of amides is 2. The Labute approximate surface area is 606 Å². The van der Waals surface area contributed by atoms with E-state index in [1.165, 1.54) is 124 Å². The molecule has 24 nitrogen and oxygen atoms in total. The van der Waals surface area contributed by atoms with Crippen molar-refractivity contribution >= 4 is 156 Å². The minimum atomic E-state index is -3.82. The number of nitrogens with zero attached hydrogens (tertiary/aromatic N) is 8. The predicted molar refractivity (Wildman–Crippen MR) is 395 cm³/mol. The van der Waals surface area contributed by atoms with Crippen LogP contribution in [0.3, 0.4) is 0 Å². The van der Waals surface area contributed by atoms with Gasteiger partial charge in [0.15, 0.2) is 0 Å². The van der Waals surface area contributed by atoms with Crippen molar-refractivity contribution in [3.63, 3.8) is 0 Å². The molecule has 2 N–H and O–H groups in total. The van der Waals surface area contributed by atoms with Crippen LogP contribution in [0.2, 0.25) is 5.15 Å². The Kier molecular flexibility index (Phi) is 18.7. The van der Waals surface area contributed by atoms with Crippen LogP contribution in [-0.4, -0.2) is 143 Å². The van der Waals surface area contributed by atoms with Crippen LogP contribution in [0.15, 0.2) is 154 Å². The summed E-state index contributed by atoms with van der Waals surface area (Å²) in [6.07, 6.45) is 2.13. The van der Waals surface area contributed by atoms with Crippen LogP contribution in [0, 0.1) is 23.3 Å². The van der Waals surface area contributed by atoms with Gasteiger partial charge in [-0.25, -0.2) is 63.9 Å². The first-order chi connectivity index (χ1) is 50.2. The van der Waals surface area contributed by atoms with E-state index in [1.807, 2.05) is 27.7 Å². The molecule has 0 radical (unpaired) electrons. The molecule has 0 unspecified atom stereocenters. The molecular formula is C74H62BClF4N10O14S2. The highest BCUT2D eigenvalue weighted by atomic mass is 35.5. The van der Waals surface area contributed by atoms with Gasteiger partial charge in [-0.1, -0.05) is 23.7 Å². The van der Waals surface area contributed by atoms with Gasteiger partial charge in [0.05, 0.1) is 99.2 Å². The van der Waals surface area contributed by atoms with Gasteiger partial charge in [0.2, 0.25) is 31.7 Å². The zero-order valence-electron chi connectivity index (χ0n) is 58.4. The second-order valence-corrected chi connectivity index (χ2v) is 30.0. The quantitative estimate of drug-likeness (QED) is 0.0497. The number of methoxy groups -OCH3 is 2. The van der Waals surface area contributed by atoms with Crippen LogP contribution in [0.25, 0.3) is 111 Å². The molecule has 542 valence electrons. The lowest BCUT2D eigenvalue weighted by Gasteiger charge is -2.32. The minimum absolute atomic E-state index is 0.0553. The van der Waals surface area contributed by atoms with Gasteiger partial charge in [0.1, 0.15) is 62.1 Å². The first kappa shape index (κ1) is 72.8. The molecular weight excluding hydrogens is 1440 g/mol. The number of hydrogen-bond acceptors (Lipinski definition) is 18. The number of fused-ring (bicyclic) bond motifs is 12. The fraction of sp³-hybridized carbons (Fsp3) is 0.189. The number of furan rings is 2. The number of esters is 2. The molecule has 2 amide bonds. The maximum atomic E-state index is 15.0. The summed E-state index contributed by atoms with van der Waals surface area (Å²) in [5.74, 6) is -3.70. The molecule has 1 aliphatic heterocycles. The smallest absolute Gasteiger partial charge is 0.463 e. The largest absolute Gasteiger partial charge is 0.497 e. The lowest BCUT2D eigenvalue weighted by Crippen LogP contribution is -2.41. The van der Waals surface area contributed by atoms with E-state index >= 15 is 0 Å². The molecule has 0 spiro atoms. The van der Waals surface area contributed by atoms with Crippen molar-refractivity contribution in [3.8, 4) is 33.9 Å². The number of carbonyl (C=O) groups is 4. The van der Waals surface area contributed by atoms with Crippen LogP contribution in [-0.2, 0) is 38.8 Å². The fourth-order valence-electron chi connectivity index (χ4n) is 12.4. The third-order valence-corrected chi connectivity index (χ3v) is 21.2. The number of ether oxygens (including phenoxy) is 2. The Morgan fingerprint density at radius 3 is 1.40 bits per heavy atom. The van der Waals surface area contributed by atoms with E-state index in [9.17, 15) is 53.6 Å². The highest BCUT2D eigenvalue weighted by Crippen LogP contribution is 2.44. The summed E-state index contributed by atoms with van der Waals surface area (Å²) in [6.45, 7) is 7.58. The van der Waals surface area contributed by atoms with Crippen molar-refractivity contribution < 1.29 is 81.2 Å². The Morgan fingerprint density at radius 2 is 0.953 bits per heavy atom. The number of halogens is 5. The lowest BCUT2D eigenvalue weighted by molar-refractivity contribution is 0.00578. The summed E-state index contributed by atoms with van der Waals surface area (Å²) in [5.41, 5.74) is 5.26. The summed E-state index contributed by atoms with van der Waals surface area (Å²) in [7, 11) is -0.138. The van der Waals surface area contributed by atoms with Crippen LogP contribution >= 0.6 is 11.6 Å². The van der Waals surface area contributed by atoms with E-state index in [1.54, 1.807) is 72.8 Å². The van der Waals surface area contributed by atoms with Crippen LogP contribution < -0.4 is 24.7 Å². The Balaban J connectivity index is 0.000000150. The summed E-state index contributed by atoms with van der Waals surface area (Å²) in [6, 6.07) is 36.0. The van der Waals surface area contributed by atoms with E-state index in [2.05, 4.69) is 25.6 Å². The van der Waals surface area contributed by atoms with Crippen molar-refractivity contribution in [1.29, 1.82) is 0 Å². The van der Waals surface area contributed by atoms with Gasteiger partial charge >= 0.3 is 19.1 Å². The van der Waals surface area contributed by atoms with Crippen molar-refractivity contribution in [1.82, 2.24) is 39.4 Å². The van der Waals surface area contributed by atoms with Gasteiger partial charge in [0.25, 0.3) is 11.8 Å². The number of hydrogen-bond donors (Lipinski definition) is 2. The number of rotatable bonds is 12. The molecule has 106 heavy (non-hydrogen) atoms. The molecule has 0 bridgehead atoms. The first-order valence-corrected chi connectivity index (χ1v) is 36.3. The number of carbonyl (C=O) groups excluding carboxylic acids is 4. The number of anilines is 2. The maximum absolute atomic E-state index is 15.0. The van der Waals surface area contributed by atoms with Gasteiger partial charge in [0, 0.05) is 84.0 Å². The number of nitrogens with one attached hydrogen (secondary N) is 2.